The van der Waals surface area contributed by atoms with Gasteiger partial charge in [0.05, 0.1) is 16.4 Å². The van der Waals surface area contributed by atoms with E-state index in [9.17, 15) is 0 Å². The first-order chi connectivity index (χ1) is 10.1. The van der Waals surface area contributed by atoms with Crippen LogP contribution in [-0.4, -0.2) is 9.55 Å². The van der Waals surface area contributed by atoms with Crippen LogP contribution in [0.25, 0.3) is 11.0 Å². The Morgan fingerprint density at radius 3 is 2.71 bits per heavy atom. The van der Waals surface area contributed by atoms with E-state index in [0.29, 0.717) is 5.92 Å². The van der Waals surface area contributed by atoms with Crippen molar-refractivity contribution in [3.63, 3.8) is 0 Å². The van der Waals surface area contributed by atoms with Gasteiger partial charge in [-0.1, -0.05) is 33.1 Å². The number of fused-ring (bicyclic) bond motifs is 1. The van der Waals surface area contributed by atoms with Gasteiger partial charge < -0.3 is 4.57 Å². The van der Waals surface area contributed by atoms with E-state index < -0.39 is 0 Å². The Balaban J connectivity index is 2.37. The molecule has 116 valence electrons. The fourth-order valence-corrected chi connectivity index (χ4v) is 3.43. The van der Waals surface area contributed by atoms with Crippen LogP contribution in [0, 0.1) is 9.49 Å². The predicted molar refractivity (Wildman–Crippen MR) is 100 cm³/mol. The number of imidazole rings is 1. The molecule has 0 spiro atoms. The van der Waals surface area contributed by atoms with E-state index >= 15 is 0 Å². The molecule has 2 unspecified atom stereocenters. The lowest BCUT2D eigenvalue weighted by molar-refractivity contribution is 0.389. The lowest BCUT2D eigenvalue weighted by atomic mass is 9.99. The molecule has 0 saturated heterocycles. The number of benzene rings is 1. The van der Waals surface area contributed by atoms with Gasteiger partial charge in [-0.3, -0.25) is 0 Å². The number of aromatic nitrogens is 2. The Morgan fingerprint density at radius 2 is 2.10 bits per heavy atom. The minimum Gasteiger partial charge on any atom is -0.326 e. The first-order valence-electron chi connectivity index (χ1n) is 7.86. The number of halogens is 2. The second-order valence-electron chi connectivity index (χ2n) is 5.75. The molecule has 0 amide bonds. The molecule has 1 aromatic carbocycles. The van der Waals surface area contributed by atoms with Crippen molar-refractivity contribution in [2.75, 3.05) is 0 Å². The largest absolute Gasteiger partial charge is 0.326 e. The van der Waals surface area contributed by atoms with Crippen LogP contribution < -0.4 is 0 Å². The van der Waals surface area contributed by atoms with Gasteiger partial charge >= 0.3 is 0 Å². The van der Waals surface area contributed by atoms with Gasteiger partial charge in [-0.25, -0.2) is 4.98 Å². The van der Waals surface area contributed by atoms with Crippen LogP contribution in [0.3, 0.4) is 0 Å². The van der Waals surface area contributed by atoms with Crippen molar-refractivity contribution in [3.05, 3.63) is 27.6 Å². The standard InChI is InChI=1S/C17H24ClIN2/c1-4-6-7-13(5-2)11-21-16-9-8-14(19)10-15(16)20-17(21)12(3)18/h8-10,12-13H,4-7,11H2,1-3H3. The van der Waals surface area contributed by atoms with E-state index in [2.05, 4.69) is 59.2 Å². The quantitative estimate of drug-likeness (QED) is 0.389. The summed E-state index contributed by atoms with van der Waals surface area (Å²) in [6.45, 7) is 7.58. The lowest BCUT2D eigenvalue weighted by Crippen LogP contribution is -2.13. The summed E-state index contributed by atoms with van der Waals surface area (Å²) in [6, 6.07) is 6.47. The monoisotopic (exact) mass is 418 g/mol. The van der Waals surface area contributed by atoms with Crippen LogP contribution in [0.5, 0.6) is 0 Å². The smallest absolute Gasteiger partial charge is 0.127 e. The van der Waals surface area contributed by atoms with Crippen molar-refractivity contribution < 1.29 is 0 Å². The highest BCUT2D eigenvalue weighted by molar-refractivity contribution is 14.1. The Hall–Kier alpha value is -0.290. The molecule has 2 aromatic rings. The van der Waals surface area contributed by atoms with Crippen LogP contribution >= 0.6 is 34.2 Å². The maximum absolute atomic E-state index is 6.37. The number of nitrogens with zero attached hydrogens (tertiary/aromatic N) is 2. The van der Waals surface area contributed by atoms with Crippen molar-refractivity contribution in [1.82, 2.24) is 9.55 Å². The number of hydrogen-bond donors (Lipinski definition) is 0. The highest BCUT2D eigenvalue weighted by atomic mass is 127. The molecule has 0 saturated carbocycles. The van der Waals surface area contributed by atoms with E-state index in [0.717, 1.165) is 17.9 Å². The average molecular weight is 419 g/mol. The van der Waals surface area contributed by atoms with Gasteiger partial charge in [0.25, 0.3) is 0 Å². The Kier molecular flexibility index (Phi) is 6.35. The zero-order valence-corrected chi connectivity index (χ0v) is 16.0. The normalized spacial score (nSPS) is 14.5. The maximum Gasteiger partial charge on any atom is 0.127 e. The molecule has 0 N–H and O–H groups in total. The number of rotatable bonds is 7. The Bertz CT molecular complexity index is 592. The van der Waals surface area contributed by atoms with E-state index in [-0.39, 0.29) is 5.38 Å². The molecule has 2 nitrogen and oxygen atoms in total. The lowest BCUT2D eigenvalue weighted by Gasteiger charge is -2.18. The van der Waals surface area contributed by atoms with Crippen molar-refractivity contribution in [2.24, 2.45) is 5.92 Å². The van der Waals surface area contributed by atoms with E-state index in [4.69, 9.17) is 16.6 Å². The first-order valence-corrected chi connectivity index (χ1v) is 9.38. The van der Waals surface area contributed by atoms with Gasteiger partial charge in [0.1, 0.15) is 5.82 Å². The zero-order chi connectivity index (χ0) is 15.4. The predicted octanol–water partition coefficient (Wildman–Crippen LogP) is 6.16. The van der Waals surface area contributed by atoms with Crippen molar-refractivity contribution in [3.8, 4) is 0 Å². The van der Waals surface area contributed by atoms with Crippen LogP contribution in [0.4, 0.5) is 0 Å². The SMILES string of the molecule is CCCCC(CC)Cn1c(C(C)Cl)nc2cc(I)ccc21. The fraction of sp³-hybridized carbons (Fsp3) is 0.588. The molecule has 2 rings (SSSR count). The van der Waals surface area contributed by atoms with Crippen molar-refractivity contribution >= 4 is 45.2 Å². The van der Waals surface area contributed by atoms with Crippen LogP contribution in [-0.2, 0) is 6.54 Å². The van der Waals surface area contributed by atoms with Gasteiger partial charge in [-0.15, -0.1) is 11.6 Å². The molecule has 0 bridgehead atoms. The summed E-state index contributed by atoms with van der Waals surface area (Å²) in [4.78, 5) is 4.77. The summed E-state index contributed by atoms with van der Waals surface area (Å²) in [5.41, 5.74) is 2.28. The molecule has 0 fully saturated rings. The molecular formula is C17H24ClIN2. The van der Waals surface area contributed by atoms with Crippen LogP contribution in [0.1, 0.15) is 57.7 Å². The van der Waals surface area contributed by atoms with E-state index in [1.54, 1.807) is 0 Å². The first kappa shape index (κ1) is 17.1. The van der Waals surface area contributed by atoms with Crippen LogP contribution in [0.2, 0.25) is 0 Å². The molecule has 1 aromatic heterocycles. The average Bonchev–Trinajstić information content (AvgIpc) is 2.81. The van der Waals surface area contributed by atoms with E-state index in [1.165, 1.54) is 34.8 Å². The van der Waals surface area contributed by atoms with Crippen molar-refractivity contribution in [2.45, 2.75) is 58.4 Å². The fourth-order valence-electron chi connectivity index (χ4n) is 2.79. The molecule has 0 aliphatic carbocycles. The minimum atomic E-state index is -0.0567. The zero-order valence-electron chi connectivity index (χ0n) is 13.1. The number of hydrogen-bond acceptors (Lipinski definition) is 1. The summed E-state index contributed by atoms with van der Waals surface area (Å²) in [5.74, 6) is 1.71. The van der Waals surface area contributed by atoms with Gasteiger partial charge in [-0.2, -0.15) is 0 Å². The third kappa shape index (κ3) is 4.13. The Labute approximate surface area is 146 Å². The summed E-state index contributed by atoms with van der Waals surface area (Å²) in [5, 5.41) is -0.0567. The van der Waals surface area contributed by atoms with Gasteiger partial charge in [-0.05, 0) is 60.1 Å². The molecule has 4 heteroatoms. The number of alkyl halides is 1. The molecule has 2 atom stereocenters. The summed E-state index contributed by atoms with van der Waals surface area (Å²) in [6.07, 6.45) is 5.06. The molecule has 21 heavy (non-hydrogen) atoms. The second kappa shape index (κ2) is 7.82. The summed E-state index contributed by atoms with van der Waals surface area (Å²) >= 11 is 8.70. The number of unbranched alkanes of at least 4 members (excludes halogenated alkanes) is 1. The van der Waals surface area contributed by atoms with Crippen molar-refractivity contribution in [1.29, 1.82) is 0 Å². The summed E-state index contributed by atoms with van der Waals surface area (Å²) < 4.78 is 3.56. The highest BCUT2D eigenvalue weighted by Crippen LogP contribution is 2.28. The molecule has 1 heterocycles. The van der Waals surface area contributed by atoms with Gasteiger partial charge in [0.15, 0.2) is 0 Å². The molecule has 0 radical (unpaired) electrons. The van der Waals surface area contributed by atoms with Crippen LogP contribution in [0.15, 0.2) is 18.2 Å². The van der Waals surface area contributed by atoms with Gasteiger partial charge in [0.2, 0.25) is 0 Å². The molecule has 0 aliphatic rings. The third-order valence-corrected chi connectivity index (χ3v) is 4.95. The van der Waals surface area contributed by atoms with E-state index in [1.807, 2.05) is 6.92 Å². The molecular weight excluding hydrogens is 395 g/mol. The van der Waals surface area contributed by atoms with Gasteiger partial charge in [0, 0.05) is 10.1 Å². The second-order valence-corrected chi connectivity index (χ2v) is 7.65. The highest BCUT2D eigenvalue weighted by Gasteiger charge is 2.17. The topological polar surface area (TPSA) is 17.8 Å². The molecule has 0 aliphatic heterocycles. The minimum absolute atomic E-state index is 0.0567. The third-order valence-electron chi connectivity index (χ3n) is 4.08. The summed E-state index contributed by atoms with van der Waals surface area (Å²) in [7, 11) is 0. The maximum atomic E-state index is 6.37. The Morgan fingerprint density at radius 1 is 1.33 bits per heavy atom.